The first kappa shape index (κ1) is 19.9. The molecule has 0 bridgehead atoms. The number of nitrogens with one attached hydrogen (secondary N) is 2. The maximum Gasteiger partial charge on any atom is 0.325 e. The highest BCUT2D eigenvalue weighted by molar-refractivity contribution is 6.31. The summed E-state index contributed by atoms with van der Waals surface area (Å²) >= 11 is 6.09. The lowest BCUT2D eigenvalue weighted by Gasteiger charge is -2.22. The zero-order chi connectivity index (χ0) is 21.3. The second kappa shape index (κ2) is 7.80. The van der Waals surface area contributed by atoms with Crippen LogP contribution in [0.4, 0.5) is 4.79 Å². The highest BCUT2D eigenvalue weighted by Gasteiger charge is 2.49. The number of hydrogen-bond acceptors (Lipinski definition) is 3. The highest BCUT2D eigenvalue weighted by Crippen LogP contribution is 2.30. The summed E-state index contributed by atoms with van der Waals surface area (Å²) in [5, 5.41) is 7.98. The van der Waals surface area contributed by atoms with Gasteiger partial charge in [-0.15, -0.1) is 0 Å². The third-order valence-corrected chi connectivity index (χ3v) is 5.71. The number of fused-ring (bicyclic) bond motifs is 1. The number of rotatable bonds is 5. The molecule has 0 spiro atoms. The van der Waals surface area contributed by atoms with Crippen LogP contribution < -0.4 is 10.6 Å². The van der Waals surface area contributed by atoms with Gasteiger partial charge in [-0.2, -0.15) is 0 Å². The van der Waals surface area contributed by atoms with Gasteiger partial charge in [0.1, 0.15) is 12.1 Å². The topological polar surface area (TPSA) is 78.5 Å². The van der Waals surface area contributed by atoms with Crippen LogP contribution in [0.3, 0.4) is 0 Å². The number of carbonyl (C=O) groups excluding carboxylic acids is 3. The molecule has 2 N–H and O–H groups in total. The molecule has 0 aliphatic carbocycles. The van der Waals surface area contributed by atoms with E-state index in [1.54, 1.807) is 25.1 Å². The van der Waals surface area contributed by atoms with Crippen LogP contribution in [-0.4, -0.2) is 29.3 Å². The fraction of sp³-hybridized carbons (Fsp3) is 0.174. The van der Waals surface area contributed by atoms with E-state index in [9.17, 15) is 14.4 Å². The molecule has 0 aromatic heterocycles. The van der Waals surface area contributed by atoms with Crippen LogP contribution in [0.5, 0.6) is 0 Å². The maximum atomic E-state index is 13.1. The number of nitrogens with zero attached hydrogens (tertiary/aromatic N) is 1. The van der Waals surface area contributed by atoms with Gasteiger partial charge in [0.25, 0.3) is 5.91 Å². The minimum absolute atomic E-state index is 0.212. The Morgan fingerprint density at radius 2 is 1.73 bits per heavy atom. The Bertz CT molecular complexity index is 1160. The number of hydrogen-bond donors (Lipinski definition) is 2. The molecule has 0 radical (unpaired) electrons. The normalized spacial score (nSPS) is 18.5. The van der Waals surface area contributed by atoms with E-state index in [-0.39, 0.29) is 13.1 Å². The Labute approximate surface area is 178 Å². The van der Waals surface area contributed by atoms with Crippen molar-refractivity contribution in [3.63, 3.8) is 0 Å². The second-order valence-corrected chi connectivity index (χ2v) is 7.78. The quantitative estimate of drug-likeness (QED) is 0.618. The van der Waals surface area contributed by atoms with Crippen molar-refractivity contribution in [3.8, 4) is 0 Å². The van der Waals surface area contributed by atoms with Gasteiger partial charge in [-0.05, 0) is 41.0 Å². The van der Waals surface area contributed by atoms with Gasteiger partial charge >= 0.3 is 6.03 Å². The van der Waals surface area contributed by atoms with E-state index in [0.29, 0.717) is 10.6 Å². The third kappa shape index (κ3) is 3.62. The van der Waals surface area contributed by atoms with Gasteiger partial charge in [0.05, 0.1) is 0 Å². The van der Waals surface area contributed by atoms with E-state index in [0.717, 1.165) is 21.2 Å². The number of benzene rings is 3. The van der Waals surface area contributed by atoms with Crippen molar-refractivity contribution in [2.45, 2.75) is 19.0 Å². The molecule has 152 valence electrons. The summed E-state index contributed by atoms with van der Waals surface area (Å²) in [5.74, 6) is -0.906. The molecule has 3 aromatic rings. The van der Waals surface area contributed by atoms with Crippen molar-refractivity contribution < 1.29 is 14.4 Å². The van der Waals surface area contributed by atoms with Crippen LogP contribution in [-0.2, 0) is 21.7 Å². The minimum atomic E-state index is -1.23. The summed E-state index contributed by atoms with van der Waals surface area (Å²) in [6, 6.07) is 20.0. The summed E-state index contributed by atoms with van der Waals surface area (Å²) < 4.78 is 0. The Morgan fingerprint density at radius 1 is 1.03 bits per heavy atom. The first-order chi connectivity index (χ1) is 14.4. The third-order valence-electron chi connectivity index (χ3n) is 5.34. The van der Waals surface area contributed by atoms with Gasteiger partial charge < -0.3 is 10.6 Å². The predicted molar refractivity (Wildman–Crippen MR) is 115 cm³/mol. The van der Waals surface area contributed by atoms with Crippen LogP contribution in [0, 0.1) is 0 Å². The van der Waals surface area contributed by atoms with Crippen molar-refractivity contribution in [2.24, 2.45) is 0 Å². The molecular formula is C23H20ClN3O3. The van der Waals surface area contributed by atoms with E-state index in [1.165, 1.54) is 0 Å². The highest BCUT2D eigenvalue weighted by atomic mass is 35.5. The second-order valence-electron chi connectivity index (χ2n) is 7.38. The van der Waals surface area contributed by atoms with Crippen molar-refractivity contribution in [1.29, 1.82) is 0 Å². The van der Waals surface area contributed by atoms with E-state index in [4.69, 9.17) is 11.6 Å². The first-order valence-corrected chi connectivity index (χ1v) is 9.90. The zero-order valence-electron chi connectivity index (χ0n) is 16.3. The van der Waals surface area contributed by atoms with Gasteiger partial charge in [0.15, 0.2) is 0 Å². The molecule has 1 aliphatic rings. The summed E-state index contributed by atoms with van der Waals surface area (Å²) in [6.45, 7) is 1.50. The van der Waals surface area contributed by atoms with Crippen LogP contribution in [0.25, 0.3) is 10.8 Å². The molecule has 1 unspecified atom stereocenters. The van der Waals surface area contributed by atoms with Gasteiger partial charge in [0, 0.05) is 11.6 Å². The summed E-state index contributed by atoms with van der Waals surface area (Å²) in [5.41, 5.74) is 0.189. The van der Waals surface area contributed by atoms with E-state index in [1.807, 2.05) is 48.5 Å². The zero-order valence-corrected chi connectivity index (χ0v) is 17.1. The van der Waals surface area contributed by atoms with Crippen LogP contribution >= 0.6 is 11.6 Å². The average Bonchev–Trinajstić information content (AvgIpc) is 2.96. The van der Waals surface area contributed by atoms with Crippen molar-refractivity contribution >= 4 is 40.2 Å². The molecule has 7 heteroatoms. The Kier molecular flexibility index (Phi) is 5.18. The molecule has 30 heavy (non-hydrogen) atoms. The molecule has 1 atom stereocenters. The van der Waals surface area contributed by atoms with E-state index < -0.39 is 23.4 Å². The average molecular weight is 422 g/mol. The predicted octanol–water partition coefficient (Wildman–Crippen LogP) is 3.58. The van der Waals surface area contributed by atoms with Gasteiger partial charge in [-0.3, -0.25) is 14.5 Å². The monoisotopic (exact) mass is 421 g/mol. The van der Waals surface area contributed by atoms with Crippen molar-refractivity contribution in [2.75, 3.05) is 6.54 Å². The van der Waals surface area contributed by atoms with Crippen LogP contribution in [0.2, 0.25) is 5.02 Å². The van der Waals surface area contributed by atoms with Gasteiger partial charge in [0.2, 0.25) is 5.91 Å². The number of amides is 4. The first-order valence-electron chi connectivity index (χ1n) is 9.52. The number of urea groups is 1. The smallest absolute Gasteiger partial charge is 0.325 e. The molecule has 1 aliphatic heterocycles. The molecule has 1 fully saturated rings. The molecule has 1 heterocycles. The molecule has 3 aromatic carbocycles. The minimum Gasteiger partial charge on any atom is -0.350 e. The van der Waals surface area contributed by atoms with Crippen LogP contribution in [0.15, 0.2) is 66.7 Å². The molecule has 4 amide bonds. The maximum absolute atomic E-state index is 13.1. The summed E-state index contributed by atoms with van der Waals surface area (Å²) in [4.78, 5) is 38.9. The SMILES string of the molecule is CC1(c2ccc3ccccc3c2)NC(=O)N(CC(=O)NCc2ccccc2Cl)C1=O. The fourth-order valence-electron chi connectivity index (χ4n) is 3.57. The Balaban J connectivity index is 1.49. The van der Waals surface area contributed by atoms with Crippen molar-refractivity contribution in [1.82, 2.24) is 15.5 Å². The fourth-order valence-corrected chi connectivity index (χ4v) is 3.77. The number of halogens is 1. The lowest BCUT2D eigenvalue weighted by molar-refractivity contribution is -0.134. The standard InChI is InChI=1S/C23H20ClN3O3/c1-23(18-11-10-15-6-2-3-7-16(15)12-18)21(29)27(22(30)26-23)14-20(28)25-13-17-8-4-5-9-19(17)24/h2-12H,13-14H2,1H3,(H,25,28)(H,26,30). The lowest BCUT2D eigenvalue weighted by Crippen LogP contribution is -2.43. The van der Waals surface area contributed by atoms with E-state index >= 15 is 0 Å². The number of imide groups is 1. The Morgan fingerprint density at radius 3 is 2.50 bits per heavy atom. The molecule has 4 rings (SSSR count). The van der Waals surface area contributed by atoms with Crippen LogP contribution in [0.1, 0.15) is 18.1 Å². The summed E-state index contributed by atoms with van der Waals surface area (Å²) in [7, 11) is 0. The van der Waals surface area contributed by atoms with Gasteiger partial charge in [-0.25, -0.2) is 4.79 Å². The molecule has 1 saturated heterocycles. The lowest BCUT2D eigenvalue weighted by atomic mass is 9.90. The molecule has 6 nitrogen and oxygen atoms in total. The number of carbonyl (C=O) groups is 3. The van der Waals surface area contributed by atoms with Crippen molar-refractivity contribution in [3.05, 3.63) is 82.9 Å². The molecule has 0 saturated carbocycles. The molecular weight excluding hydrogens is 402 g/mol. The summed E-state index contributed by atoms with van der Waals surface area (Å²) in [6.07, 6.45) is 0. The van der Waals surface area contributed by atoms with E-state index in [2.05, 4.69) is 10.6 Å². The van der Waals surface area contributed by atoms with Gasteiger partial charge in [-0.1, -0.05) is 66.2 Å². The largest absolute Gasteiger partial charge is 0.350 e. The Hall–Kier alpha value is -3.38.